The van der Waals surface area contributed by atoms with E-state index in [9.17, 15) is 15.0 Å². The average Bonchev–Trinajstić information content (AvgIpc) is 3.28. The maximum atomic E-state index is 12.4. The quantitative estimate of drug-likeness (QED) is 0.0421. The molecule has 0 spiro atoms. The maximum Gasteiger partial charge on any atom is 0.220 e. The molecule has 0 saturated heterocycles. The van der Waals surface area contributed by atoms with Gasteiger partial charge in [0.15, 0.2) is 0 Å². The molecule has 0 aromatic carbocycles. The van der Waals surface area contributed by atoms with Crippen LogP contribution in [0.1, 0.15) is 335 Å². The third-order valence-corrected chi connectivity index (χ3v) is 13.8. The molecule has 0 aliphatic heterocycles. The van der Waals surface area contributed by atoms with Gasteiger partial charge in [-0.05, 0) is 19.3 Å². The number of carbonyl (C=O) groups is 1. The summed E-state index contributed by atoms with van der Waals surface area (Å²) in [5.74, 6) is -0.0599. The number of carbonyl (C=O) groups excluding carboxylic acids is 1. The number of nitrogens with one attached hydrogen (secondary N) is 1. The van der Waals surface area contributed by atoms with Crippen LogP contribution in [0.3, 0.4) is 0 Å². The summed E-state index contributed by atoms with van der Waals surface area (Å²) in [6, 6.07) is -0.615. The van der Waals surface area contributed by atoms with Gasteiger partial charge >= 0.3 is 0 Å². The van der Waals surface area contributed by atoms with Gasteiger partial charge in [0.2, 0.25) is 5.91 Å². The van der Waals surface area contributed by atoms with Crippen molar-refractivity contribution in [3.05, 3.63) is 12.2 Å². The highest BCUT2D eigenvalue weighted by Gasteiger charge is 2.18. The van der Waals surface area contributed by atoms with E-state index in [1.807, 2.05) is 6.08 Å². The zero-order chi connectivity index (χ0) is 44.9. The fourth-order valence-electron chi connectivity index (χ4n) is 9.36. The van der Waals surface area contributed by atoms with Gasteiger partial charge in [0.05, 0.1) is 18.8 Å². The number of hydrogen-bond donors (Lipinski definition) is 3. The smallest absolute Gasteiger partial charge is 0.220 e. The van der Waals surface area contributed by atoms with Crippen molar-refractivity contribution in [2.24, 2.45) is 0 Å². The van der Waals surface area contributed by atoms with Gasteiger partial charge in [-0.25, -0.2) is 0 Å². The Kier molecular flexibility index (Phi) is 53.7. The minimum Gasteiger partial charge on any atom is -0.394 e. The Morgan fingerprint density at radius 2 is 0.597 bits per heavy atom. The van der Waals surface area contributed by atoms with Crippen molar-refractivity contribution in [2.75, 3.05) is 6.61 Å². The minimum absolute atomic E-state index is 0.0599. The molecule has 0 rings (SSSR count). The summed E-state index contributed by atoms with van der Waals surface area (Å²) in [4.78, 5) is 12.4. The van der Waals surface area contributed by atoms with E-state index < -0.39 is 12.1 Å². The predicted molar refractivity (Wildman–Crippen MR) is 276 cm³/mol. The third-order valence-electron chi connectivity index (χ3n) is 13.8. The Morgan fingerprint density at radius 3 is 0.839 bits per heavy atom. The van der Waals surface area contributed by atoms with Crippen molar-refractivity contribution in [1.82, 2.24) is 5.32 Å². The molecule has 4 heteroatoms. The number of rotatable bonds is 54. The highest BCUT2D eigenvalue weighted by atomic mass is 16.3. The summed E-state index contributed by atoms with van der Waals surface area (Å²) in [5.41, 5.74) is 0. The topological polar surface area (TPSA) is 69.6 Å². The molecule has 3 N–H and O–H groups in total. The van der Waals surface area contributed by atoms with Crippen molar-refractivity contribution in [3.63, 3.8) is 0 Å². The first-order chi connectivity index (χ1) is 30.7. The van der Waals surface area contributed by atoms with Crippen LogP contribution in [0.5, 0.6) is 0 Å². The van der Waals surface area contributed by atoms with Gasteiger partial charge in [0.1, 0.15) is 0 Å². The van der Waals surface area contributed by atoms with Crippen LogP contribution in [-0.4, -0.2) is 34.9 Å². The van der Waals surface area contributed by atoms with Crippen molar-refractivity contribution in [3.8, 4) is 0 Å². The molecule has 0 aliphatic rings. The molecule has 0 heterocycles. The largest absolute Gasteiger partial charge is 0.394 e. The molecular formula is C58H115NO3. The minimum atomic E-state index is -0.832. The van der Waals surface area contributed by atoms with Gasteiger partial charge in [0, 0.05) is 6.42 Å². The van der Waals surface area contributed by atoms with E-state index in [-0.39, 0.29) is 12.5 Å². The lowest BCUT2D eigenvalue weighted by atomic mass is 10.0. The summed E-state index contributed by atoms with van der Waals surface area (Å²) in [6.07, 6.45) is 71.4. The van der Waals surface area contributed by atoms with Crippen LogP contribution in [0.15, 0.2) is 12.2 Å². The molecule has 0 aromatic heterocycles. The molecule has 0 aromatic rings. The van der Waals surface area contributed by atoms with Gasteiger partial charge in [0.25, 0.3) is 0 Å². The normalized spacial score (nSPS) is 12.8. The first kappa shape index (κ1) is 61.1. The molecule has 0 radical (unpaired) electrons. The lowest BCUT2D eigenvalue weighted by Crippen LogP contribution is -2.45. The zero-order valence-corrected chi connectivity index (χ0v) is 42.7. The first-order valence-electron chi connectivity index (χ1n) is 28.9. The maximum absolute atomic E-state index is 12.4. The summed E-state index contributed by atoms with van der Waals surface area (Å²) >= 11 is 0. The van der Waals surface area contributed by atoms with E-state index >= 15 is 0 Å². The second-order valence-electron chi connectivity index (χ2n) is 20.1. The van der Waals surface area contributed by atoms with Gasteiger partial charge in [-0.1, -0.05) is 321 Å². The Morgan fingerprint density at radius 1 is 0.371 bits per heavy atom. The SMILES string of the molecule is CCCCCCCCC/C=C/C(O)C(CO)NC(=O)CCCCCCCCCCCCCCCCCCCCCCCCCCCCCCCCCCCCCCCCCCC. The van der Waals surface area contributed by atoms with E-state index in [1.54, 1.807) is 6.08 Å². The molecule has 1 amide bonds. The van der Waals surface area contributed by atoms with Crippen molar-refractivity contribution >= 4 is 5.91 Å². The van der Waals surface area contributed by atoms with E-state index in [0.717, 1.165) is 25.7 Å². The van der Waals surface area contributed by atoms with Gasteiger partial charge < -0.3 is 15.5 Å². The lowest BCUT2D eigenvalue weighted by Gasteiger charge is -2.20. The standard InChI is InChI=1S/C58H115NO3/c1-3-5-7-9-11-13-14-15-16-17-18-19-20-21-22-23-24-25-26-27-28-29-30-31-32-33-34-35-36-37-38-39-40-41-42-43-44-46-48-50-52-54-58(62)59-56(55-60)57(61)53-51-49-47-45-12-10-8-6-4-2/h51,53,56-57,60-61H,3-50,52,54-55H2,1-2H3,(H,59,62)/b53-51+. The summed E-state index contributed by atoms with van der Waals surface area (Å²) in [6.45, 7) is 4.31. The molecule has 4 nitrogen and oxygen atoms in total. The highest BCUT2D eigenvalue weighted by Crippen LogP contribution is 2.18. The average molecular weight is 875 g/mol. The molecule has 370 valence electrons. The Labute approximate surface area is 390 Å². The van der Waals surface area contributed by atoms with Gasteiger partial charge in [-0.2, -0.15) is 0 Å². The van der Waals surface area contributed by atoms with Crippen molar-refractivity contribution < 1.29 is 15.0 Å². The summed E-state index contributed by atoms with van der Waals surface area (Å²) in [7, 11) is 0. The van der Waals surface area contributed by atoms with Crippen LogP contribution in [-0.2, 0) is 4.79 Å². The molecular weight excluding hydrogens is 759 g/mol. The number of allylic oxidation sites excluding steroid dienone is 1. The third kappa shape index (κ3) is 50.1. The predicted octanol–water partition coefficient (Wildman–Crippen LogP) is 18.9. The first-order valence-corrected chi connectivity index (χ1v) is 28.9. The number of unbranched alkanes of at least 4 members (excludes halogenated alkanes) is 47. The zero-order valence-electron chi connectivity index (χ0n) is 42.7. The van der Waals surface area contributed by atoms with Crippen LogP contribution in [0.2, 0.25) is 0 Å². The van der Waals surface area contributed by atoms with Crippen LogP contribution < -0.4 is 5.32 Å². The Bertz CT molecular complexity index is 860. The lowest BCUT2D eigenvalue weighted by molar-refractivity contribution is -0.123. The Balaban J connectivity index is 3.28. The fraction of sp³-hybridized carbons (Fsp3) is 0.948. The monoisotopic (exact) mass is 874 g/mol. The van der Waals surface area contributed by atoms with E-state index in [0.29, 0.717) is 6.42 Å². The summed E-state index contributed by atoms with van der Waals surface area (Å²) < 4.78 is 0. The molecule has 62 heavy (non-hydrogen) atoms. The number of amides is 1. The molecule has 2 atom stereocenters. The Hall–Kier alpha value is -0.870. The number of aliphatic hydroxyl groups is 2. The number of hydrogen-bond acceptors (Lipinski definition) is 3. The van der Waals surface area contributed by atoms with Crippen LogP contribution >= 0.6 is 0 Å². The molecule has 0 bridgehead atoms. The van der Waals surface area contributed by atoms with Crippen LogP contribution in [0.25, 0.3) is 0 Å². The van der Waals surface area contributed by atoms with E-state index in [2.05, 4.69) is 19.2 Å². The van der Waals surface area contributed by atoms with Crippen LogP contribution in [0, 0.1) is 0 Å². The van der Waals surface area contributed by atoms with E-state index in [1.165, 1.54) is 289 Å². The molecule has 2 unspecified atom stereocenters. The van der Waals surface area contributed by atoms with E-state index in [4.69, 9.17) is 0 Å². The molecule has 0 fully saturated rings. The van der Waals surface area contributed by atoms with Crippen LogP contribution in [0.4, 0.5) is 0 Å². The molecule has 0 aliphatic carbocycles. The second-order valence-corrected chi connectivity index (χ2v) is 20.1. The van der Waals surface area contributed by atoms with Gasteiger partial charge in [-0.3, -0.25) is 4.79 Å². The van der Waals surface area contributed by atoms with Crippen molar-refractivity contribution in [2.45, 2.75) is 347 Å². The fourth-order valence-corrected chi connectivity index (χ4v) is 9.36. The molecule has 0 saturated carbocycles. The van der Waals surface area contributed by atoms with Crippen molar-refractivity contribution in [1.29, 1.82) is 0 Å². The van der Waals surface area contributed by atoms with Gasteiger partial charge in [-0.15, -0.1) is 0 Å². The number of aliphatic hydroxyl groups excluding tert-OH is 2. The highest BCUT2D eigenvalue weighted by molar-refractivity contribution is 5.76. The summed E-state index contributed by atoms with van der Waals surface area (Å²) in [5, 5.41) is 22.9. The second kappa shape index (κ2) is 54.5.